The summed E-state index contributed by atoms with van der Waals surface area (Å²) in [6.07, 6.45) is 9.61. The van der Waals surface area contributed by atoms with E-state index in [1.807, 2.05) is 0 Å². The van der Waals surface area contributed by atoms with E-state index in [-0.39, 0.29) is 32.6 Å². The van der Waals surface area contributed by atoms with Gasteiger partial charge in [-0.15, -0.1) is 0 Å². The Labute approximate surface area is 388 Å². The molecule has 339 valence electrons. The van der Waals surface area contributed by atoms with Crippen LogP contribution in [0.4, 0.5) is 45.9 Å². The van der Waals surface area contributed by atoms with Crippen molar-refractivity contribution in [2.24, 2.45) is 0 Å². The van der Waals surface area contributed by atoms with Gasteiger partial charge in [0, 0.05) is 43.4 Å². The Morgan fingerprint density at radius 2 is 0.625 bits per heavy atom. The van der Waals surface area contributed by atoms with Gasteiger partial charge in [0.05, 0.1) is 6.07 Å². The van der Waals surface area contributed by atoms with Crippen molar-refractivity contribution in [2.45, 2.75) is 6.92 Å². The molecule has 0 N–H and O–H groups in total. The molecule has 1 radical (unpaired) electrons. The number of hydrogen-bond donors (Lipinski definition) is 0. The summed E-state index contributed by atoms with van der Waals surface area (Å²) in [7, 11) is -13.4. The zero-order valence-corrected chi connectivity index (χ0v) is 39.7. The maximum atomic E-state index is 9.75. The van der Waals surface area contributed by atoms with E-state index in [0.29, 0.717) is 0 Å². The molecular weight excluding hydrogens is 951 g/mol. The molecule has 6 aromatic rings. The van der Waals surface area contributed by atoms with Crippen LogP contribution < -0.4 is 31.0 Å². The van der Waals surface area contributed by atoms with Gasteiger partial charge < -0.3 is 44.3 Å². The zero-order chi connectivity index (χ0) is 45.5. The second-order valence-electron chi connectivity index (χ2n) is 14.0. The van der Waals surface area contributed by atoms with Crippen LogP contribution >= 0.6 is 31.7 Å². The SMILES string of the molecule is CC#N.F[B-](F)(F)F.F[B-](F)(F)F.[Co+2].c1ccc(N2CP(CCP(c3ccccc3)c3ccccc3)CN(c3ccccc3)CP(CCP(c3ccccc3)c3ccccc3)C2)cc1. The molecule has 64 heavy (non-hydrogen) atoms. The van der Waals surface area contributed by atoms with E-state index in [1.165, 1.54) is 64.2 Å². The minimum absolute atomic E-state index is 0. The maximum Gasteiger partial charge on any atom is 2.00 e. The van der Waals surface area contributed by atoms with Crippen LogP contribution in [-0.2, 0) is 16.8 Å². The molecule has 1 heterocycles. The minimum atomic E-state index is -6.00. The molecule has 1 fully saturated rings. The number of anilines is 2. The van der Waals surface area contributed by atoms with Gasteiger partial charge in [0.25, 0.3) is 0 Å². The fraction of sp³-hybridized carbons (Fsp3) is 0.196. The molecule has 0 aliphatic carbocycles. The number of para-hydroxylation sites is 2. The Bertz CT molecular complexity index is 1920. The van der Waals surface area contributed by atoms with Crippen molar-refractivity contribution < 1.29 is 51.3 Å². The molecule has 0 saturated carbocycles. The van der Waals surface area contributed by atoms with Gasteiger partial charge in [-0.1, -0.05) is 174 Å². The van der Waals surface area contributed by atoms with Gasteiger partial charge >= 0.3 is 31.3 Å². The summed E-state index contributed by atoms with van der Waals surface area (Å²) in [5.74, 6) is 0. The van der Waals surface area contributed by atoms with E-state index in [4.69, 9.17) is 5.26 Å². The number of nitriles is 1. The first-order chi connectivity index (χ1) is 30.2. The van der Waals surface area contributed by atoms with Crippen LogP contribution in [0.5, 0.6) is 0 Å². The zero-order valence-electron chi connectivity index (χ0n) is 35.1. The largest absolute Gasteiger partial charge is 2.00 e. The van der Waals surface area contributed by atoms with Gasteiger partial charge in [-0.2, -0.15) is 5.26 Å². The van der Waals surface area contributed by atoms with Gasteiger partial charge in [0.2, 0.25) is 0 Å². The second kappa shape index (κ2) is 29.0. The van der Waals surface area contributed by atoms with Crippen LogP contribution in [0.2, 0.25) is 0 Å². The molecule has 6 aromatic carbocycles. The second-order valence-corrected chi connectivity index (χ2v) is 23.3. The van der Waals surface area contributed by atoms with Crippen LogP contribution in [0.15, 0.2) is 182 Å². The monoisotopic (exact) mass is 1000 g/mol. The molecule has 0 amide bonds. The summed E-state index contributed by atoms with van der Waals surface area (Å²) in [6.45, 7) is 1.43. The van der Waals surface area contributed by atoms with Crippen molar-refractivity contribution in [1.29, 1.82) is 5.26 Å². The quantitative estimate of drug-likeness (QED) is 0.0695. The third-order valence-corrected chi connectivity index (χ3v) is 19.7. The van der Waals surface area contributed by atoms with Crippen molar-refractivity contribution in [1.82, 2.24) is 0 Å². The standard InChI is InChI=1S/C44H46N2P4.C2H3N.2BF4.Co/c1-7-19-39(20-8-1)45-35-47(31-33-49(41-23-11-3-12-24-41)42-25-13-4-14-26-42)37-46(40-21-9-2-10-22-40)38-48(36-45)32-34-50(43-27-15-5-16-28-43)44-29-17-6-18-30-44;1-2-3;2*2-1(3,4)5;/h1-30H,31-38H2;1H3;;;/q;;2*-1;+2. The molecule has 0 aromatic heterocycles. The van der Waals surface area contributed by atoms with Gasteiger partial charge in [-0.25, -0.2) is 0 Å². The summed E-state index contributed by atoms with van der Waals surface area (Å²) in [4.78, 5) is 5.58. The minimum Gasteiger partial charge on any atom is -0.418 e. The van der Waals surface area contributed by atoms with Crippen molar-refractivity contribution >= 4 is 78.8 Å². The van der Waals surface area contributed by atoms with Crippen LogP contribution in [0.3, 0.4) is 0 Å². The number of halogens is 8. The first kappa shape index (κ1) is 54.5. The average molecular weight is 1000 g/mol. The van der Waals surface area contributed by atoms with Crippen molar-refractivity contribution in [3.05, 3.63) is 182 Å². The van der Waals surface area contributed by atoms with Crippen molar-refractivity contribution in [2.75, 3.05) is 59.6 Å². The maximum absolute atomic E-state index is 9.75. The molecule has 0 atom stereocenters. The number of hydrogen-bond acceptors (Lipinski definition) is 3. The molecule has 7 rings (SSSR count). The third kappa shape index (κ3) is 21.5. The summed E-state index contributed by atoms with van der Waals surface area (Å²) in [6, 6.07) is 69.5. The molecule has 0 spiro atoms. The molecule has 1 aliphatic rings. The van der Waals surface area contributed by atoms with E-state index in [1.54, 1.807) is 6.07 Å². The van der Waals surface area contributed by atoms with Gasteiger partial charge in [-0.3, -0.25) is 0 Å². The Kier molecular flexibility index (Phi) is 24.7. The van der Waals surface area contributed by atoms with E-state index < -0.39 is 30.4 Å². The Balaban J connectivity index is 0.000000688. The molecule has 18 heteroatoms. The molecular formula is C46H49B2CoF8N3P4. The first-order valence-corrected chi connectivity index (χ1v) is 26.9. The molecule has 1 aliphatic heterocycles. The third-order valence-electron chi connectivity index (χ3n) is 9.28. The van der Waals surface area contributed by atoms with E-state index in [2.05, 4.69) is 192 Å². The number of nitrogens with zero attached hydrogens (tertiary/aromatic N) is 3. The molecule has 3 nitrogen and oxygen atoms in total. The predicted octanol–water partition coefficient (Wildman–Crippen LogP) is 13.2. The predicted molar refractivity (Wildman–Crippen MR) is 260 cm³/mol. The Morgan fingerprint density at radius 3 is 0.828 bits per heavy atom. The van der Waals surface area contributed by atoms with E-state index >= 15 is 0 Å². The van der Waals surface area contributed by atoms with E-state index in [0.717, 1.165) is 25.1 Å². The average Bonchev–Trinajstić information content (AvgIpc) is 3.26. The molecule has 1 saturated heterocycles. The summed E-state index contributed by atoms with van der Waals surface area (Å²) in [5.41, 5.74) is 2.78. The summed E-state index contributed by atoms with van der Waals surface area (Å²) in [5, 5.41) is 13.3. The van der Waals surface area contributed by atoms with Crippen LogP contribution in [0.25, 0.3) is 0 Å². The summed E-state index contributed by atoms with van der Waals surface area (Å²) < 4.78 is 78.0. The van der Waals surface area contributed by atoms with Gasteiger partial charge in [-0.05, 0) is 86.0 Å². The van der Waals surface area contributed by atoms with E-state index in [9.17, 15) is 34.5 Å². The topological polar surface area (TPSA) is 30.3 Å². The Hall–Kier alpha value is -3.79. The molecule has 0 bridgehead atoms. The van der Waals surface area contributed by atoms with Gasteiger partial charge in [0.15, 0.2) is 0 Å². The van der Waals surface area contributed by atoms with Gasteiger partial charge in [0.1, 0.15) is 0 Å². The normalized spacial score (nSPS) is 15.0. The smallest absolute Gasteiger partial charge is 0.418 e. The summed E-state index contributed by atoms with van der Waals surface area (Å²) >= 11 is 0. The molecule has 0 unspecified atom stereocenters. The first-order valence-electron chi connectivity index (χ1n) is 20.1. The fourth-order valence-corrected chi connectivity index (χ4v) is 18.4. The van der Waals surface area contributed by atoms with Crippen LogP contribution in [0, 0.1) is 11.3 Å². The Morgan fingerprint density at radius 1 is 0.438 bits per heavy atom. The van der Waals surface area contributed by atoms with Crippen LogP contribution in [0.1, 0.15) is 6.92 Å². The number of benzene rings is 6. The van der Waals surface area contributed by atoms with Crippen molar-refractivity contribution in [3.63, 3.8) is 0 Å². The fourth-order valence-electron chi connectivity index (χ4n) is 6.76. The van der Waals surface area contributed by atoms with Crippen LogP contribution in [-0.4, -0.2) is 64.3 Å². The van der Waals surface area contributed by atoms with Crippen molar-refractivity contribution in [3.8, 4) is 6.07 Å². The number of rotatable bonds is 12.